The number of furan rings is 1. The van der Waals surface area contributed by atoms with Gasteiger partial charge in [0, 0.05) is 44.8 Å². The van der Waals surface area contributed by atoms with Gasteiger partial charge in [0.15, 0.2) is 5.58 Å². The number of oxazole rings is 1. The lowest BCUT2D eigenvalue weighted by Gasteiger charge is -2.30. The first-order chi connectivity index (χ1) is 28.7. The fourth-order valence-corrected chi connectivity index (χ4v) is 8.13. The van der Waals surface area contributed by atoms with Crippen molar-refractivity contribution in [3.8, 4) is 22.6 Å². The van der Waals surface area contributed by atoms with Crippen LogP contribution in [0.3, 0.4) is 0 Å². The molecule has 0 bridgehead atoms. The van der Waals surface area contributed by atoms with Gasteiger partial charge in [-0.2, -0.15) is 0 Å². The van der Waals surface area contributed by atoms with E-state index in [1.54, 1.807) is 0 Å². The third-order valence-corrected chi connectivity index (χ3v) is 10.8. The molecule has 9 aromatic carbocycles. The van der Waals surface area contributed by atoms with E-state index in [4.69, 9.17) is 13.8 Å². The van der Waals surface area contributed by atoms with Crippen LogP contribution >= 0.6 is 0 Å². The standard InChI is InChI=1S/C53H35N3O2/c1-5-15-36(16-6-1)37-25-28-42(29-26-37)55(40-19-9-3-10-20-40)44-33-39-27-31-47-52(58-53(54-47)38-17-7-2-8-18-38)51(39)48(35-44)56(41-21-11-4-12-22-41)43-30-32-50-46(34-43)45-23-13-14-24-49(45)57-50/h1-35H. The molecule has 0 N–H and O–H groups in total. The van der Waals surface area contributed by atoms with Crippen LogP contribution in [0.1, 0.15) is 0 Å². The van der Waals surface area contributed by atoms with Crippen molar-refractivity contribution in [3.05, 3.63) is 212 Å². The second kappa shape index (κ2) is 14.0. The summed E-state index contributed by atoms with van der Waals surface area (Å²) in [5.74, 6) is 0.583. The van der Waals surface area contributed by atoms with E-state index in [0.717, 1.165) is 89.1 Å². The van der Waals surface area contributed by atoms with E-state index in [9.17, 15) is 0 Å². The van der Waals surface area contributed by atoms with Gasteiger partial charge in [-0.15, -0.1) is 0 Å². The second-order valence-electron chi connectivity index (χ2n) is 14.4. The van der Waals surface area contributed by atoms with Gasteiger partial charge in [-0.25, -0.2) is 4.98 Å². The molecule has 0 aliphatic rings. The molecular weight excluding hydrogens is 711 g/mol. The second-order valence-corrected chi connectivity index (χ2v) is 14.4. The van der Waals surface area contributed by atoms with Crippen molar-refractivity contribution in [1.29, 1.82) is 0 Å². The first kappa shape index (κ1) is 33.4. The first-order valence-corrected chi connectivity index (χ1v) is 19.5. The van der Waals surface area contributed by atoms with Gasteiger partial charge in [-0.05, 0) is 108 Å². The molecule has 0 aliphatic heterocycles. The fraction of sp³-hybridized carbons (Fsp3) is 0. The minimum absolute atomic E-state index is 0.583. The van der Waals surface area contributed by atoms with Crippen molar-refractivity contribution >= 4 is 77.9 Å². The van der Waals surface area contributed by atoms with Crippen LogP contribution in [-0.2, 0) is 0 Å². The summed E-state index contributed by atoms with van der Waals surface area (Å²) in [5, 5.41) is 4.11. The molecule has 0 saturated carbocycles. The molecule has 5 nitrogen and oxygen atoms in total. The summed E-state index contributed by atoms with van der Waals surface area (Å²) in [5.41, 5.74) is 12.5. The predicted molar refractivity (Wildman–Crippen MR) is 239 cm³/mol. The van der Waals surface area contributed by atoms with Crippen molar-refractivity contribution in [2.75, 3.05) is 9.80 Å². The molecule has 0 fully saturated rings. The van der Waals surface area contributed by atoms with Crippen molar-refractivity contribution in [1.82, 2.24) is 4.98 Å². The maximum Gasteiger partial charge on any atom is 0.227 e. The summed E-state index contributed by atoms with van der Waals surface area (Å²) >= 11 is 0. The summed E-state index contributed by atoms with van der Waals surface area (Å²) in [7, 11) is 0. The van der Waals surface area contributed by atoms with Crippen molar-refractivity contribution in [3.63, 3.8) is 0 Å². The van der Waals surface area contributed by atoms with E-state index >= 15 is 0 Å². The minimum Gasteiger partial charge on any atom is -0.456 e. The summed E-state index contributed by atoms with van der Waals surface area (Å²) in [6.07, 6.45) is 0. The zero-order chi connectivity index (χ0) is 38.4. The molecule has 0 spiro atoms. The van der Waals surface area contributed by atoms with Gasteiger partial charge in [0.2, 0.25) is 5.89 Å². The minimum atomic E-state index is 0.583. The van der Waals surface area contributed by atoms with Crippen molar-refractivity contribution in [2.24, 2.45) is 0 Å². The maximum atomic E-state index is 6.80. The largest absolute Gasteiger partial charge is 0.456 e. The van der Waals surface area contributed by atoms with Gasteiger partial charge in [-0.3, -0.25) is 0 Å². The Labute approximate surface area is 335 Å². The quantitative estimate of drug-likeness (QED) is 0.155. The van der Waals surface area contributed by atoms with Crippen LogP contribution in [0.25, 0.3) is 66.4 Å². The van der Waals surface area contributed by atoms with Crippen LogP contribution < -0.4 is 9.80 Å². The average molecular weight is 746 g/mol. The number of hydrogen-bond donors (Lipinski definition) is 0. The number of aromatic nitrogens is 1. The first-order valence-electron chi connectivity index (χ1n) is 19.5. The van der Waals surface area contributed by atoms with Gasteiger partial charge in [0.25, 0.3) is 0 Å². The Kier molecular flexibility index (Phi) is 8.07. The van der Waals surface area contributed by atoms with E-state index in [1.807, 2.05) is 42.5 Å². The smallest absolute Gasteiger partial charge is 0.227 e. The molecular formula is C53H35N3O2. The van der Waals surface area contributed by atoms with Gasteiger partial charge in [-0.1, -0.05) is 121 Å². The fourth-order valence-electron chi connectivity index (χ4n) is 8.13. The molecule has 58 heavy (non-hydrogen) atoms. The molecule has 5 heteroatoms. The number of hydrogen-bond acceptors (Lipinski definition) is 5. The Morgan fingerprint density at radius 2 is 0.931 bits per heavy atom. The Bertz CT molecular complexity index is 3210. The third-order valence-electron chi connectivity index (χ3n) is 10.8. The maximum absolute atomic E-state index is 6.80. The van der Waals surface area contributed by atoms with E-state index in [2.05, 4.69) is 180 Å². The number of para-hydroxylation sites is 3. The summed E-state index contributed by atoms with van der Waals surface area (Å²) in [6.45, 7) is 0. The van der Waals surface area contributed by atoms with Crippen molar-refractivity contribution < 1.29 is 8.83 Å². The highest BCUT2D eigenvalue weighted by Gasteiger charge is 2.24. The Hall–Kier alpha value is -7.89. The highest BCUT2D eigenvalue weighted by molar-refractivity contribution is 6.15. The summed E-state index contributed by atoms with van der Waals surface area (Å²) < 4.78 is 13.1. The summed E-state index contributed by atoms with van der Waals surface area (Å²) in [6, 6.07) is 74.0. The zero-order valence-electron chi connectivity index (χ0n) is 31.4. The number of anilines is 6. The molecule has 0 unspecified atom stereocenters. The van der Waals surface area contributed by atoms with Crippen LogP contribution in [0.2, 0.25) is 0 Å². The van der Waals surface area contributed by atoms with Gasteiger partial charge < -0.3 is 18.6 Å². The molecule has 11 rings (SSSR count). The molecule has 0 aliphatic carbocycles. The normalized spacial score (nSPS) is 11.4. The average Bonchev–Trinajstić information content (AvgIpc) is 3.90. The SMILES string of the molecule is c1ccc(-c2ccc(N(c3ccccc3)c3cc(N(c4ccccc4)c4ccc5oc6ccccc6c5c4)c4c(ccc5nc(-c6ccccc6)oc54)c3)cc2)cc1. The molecule has 11 aromatic rings. The molecule has 0 saturated heterocycles. The number of fused-ring (bicyclic) bond motifs is 6. The van der Waals surface area contributed by atoms with Crippen LogP contribution in [0, 0.1) is 0 Å². The van der Waals surface area contributed by atoms with Gasteiger partial charge in [0.1, 0.15) is 16.7 Å². The Morgan fingerprint density at radius 3 is 1.66 bits per heavy atom. The Balaban J connectivity index is 1.19. The summed E-state index contributed by atoms with van der Waals surface area (Å²) in [4.78, 5) is 9.68. The highest BCUT2D eigenvalue weighted by Crippen LogP contribution is 2.48. The molecule has 2 heterocycles. The highest BCUT2D eigenvalue weighted by atomic mass is 16.3. The zero-order valence-corrected chi connectivity index (χ0v) is 31.4. The van der Waals surface area contributed by atoms with E-state index in [0.29, 0.717) is 5.89 Å². The Morgan fingerprint density at radius 1 is 0.362 bits per heavy atom. The lowest BCUT2D eigenvalue weighted by molar-refractivity contribution is 0.623. The van der Waals surface area contributed by atoms with E-state index in [1.165, 1.54) is 5.56 Å². The molecule has 2 aromatic heterocycles. The number of nitrogens with zero attached hydrogens (tertiary/aromatic N) is 3. The van der Waals surface area contributed by atoms with Crippen molar-refractivity contribution in [2.45, 2.75) is 0 Å². The predicted octanol–water partition coefficient (Wildman–Crippen LogP) is 15.2. The van der Waals surface area contributed by atoms with Crippen LogP contribution in [0.15, 0.2) is 221 Å². The lowest BCUT2D eigenvalue weighted by Crippen LogP contribution is -2.14. The molecule has 0 amide bonds. The van der Waals surface area contributed by atoms with E-state index in [-0.39, 0.29) is 0 Å². The number of rotatable bonds is 8. The van der Waals surface area contributed by atoms with Crippen LogP contribution in [0.4, 0.5) is 34.1 Å². The van der Waals surface area contributed by atoms with Crippen LogP contribution in [0.5, 0.6) is 0 Å². The topological polar surface area (TPSA) is 45.7 Å². The molecule has 274 valence electrons. The molecule has 0 atom stereocenters. The van der Waals surface area contributed by atoms with Gasteiger partial charge in [0.05, 0.1) is 11.1 Å². The lowest BCUT2D eigenvalue weighted by atomic mass is 10.0. The third kappa shape index (κ3) is 5.85. The monoisotopic (exact) mass is 745 g/mol. The molecule has 0 radical (unpaired) electrons. The van der Waals surface area contributed by atoms with E-state index < -0.39 is 0 Å². The van der Waals surface area contributed by atoms with Crippen LogP contribution in [-0.4, -0.2) is 4.98 Å². The number of benzene rings is 9. The van der Waals surface area contributed by atoms with Gasteiger partial charge >= 0.3 is 0 Å².